The van der Waals surface area contributed by atoms with Crippen molar-refractivity contribution in [3.05, 3.63) is 29.3 Å². The Balaban J connectivity index is 2.47. The molecule has 0 saturated carbocycles. The van der Waals surface area contributed by atoms with E-state index in [1.807, 2.05) is 6.07 Å². The Morgan fingerprint density at radius 1 is 1.36 bits per heavy atom. The molecule has 14 heavy (non-hydrogen) atoms. The van der Waals surface area contributed by atoms with E-state index in [-0.39, 0.29) is 5.75 Å². The highest BCUT2D eigenvalue weighted by molar-refractivity contribution is 6.02. The van der Waals surface area contributed by atoms with Crippen molar-refractivity contribution in [1.29, 1.82) is 0 Å². The fraction of sp³-hybridized carbons (Fsp3) is 0.364. The topological polar surface area (TPSA) is 41.8 Å². The molecule has 0 fully saturated rings. The second-order valence-corrected chi connectivity index (χ2v) is 3.42. The minimum atomic E-state index is 0.287. The summed E-state index contributed by atoms with van der Waals surface area (Å²) in [5.74, 6) is 0.287. The number of phenols is 1. The summed E-state index contributed by atoms with van der Waals surface area (Å²) in [5.41, 5.74) is 3.20. The van der Waals surface area contributed by atoms with Crippen LogP contribution in [-0.2, 0) is 11.3 Å². The molecule has 1 N–H and O–H groups in total. The van der Waals surface area contributed by atoms with Crippen molar-refractivity contribution in [2.24, 2.45) is 5.16 Å². The summed E-state index contributed by atoms with van der Waals surface area (Å²) in [4.78, 5) is 4.78. The Bertz CT molecular complexity index is 372. The van der Waals surface area contributed by atoms with Gasteiger partial charge in [-0.05, 0) is 37.0 Å². The number of hydrogen-bond acceptors (Lipinski definition) is 3. The lowest BCUT2D eigenvalue weighted by molar-refractivity contribution is 0.212. The third-order valence-electron chi connectivity index (χ3n) is 2.47. The van der Waals surface area contributed by atoms with Crippen LogP contribution in [0.3, 0.4) is 0 Å². The zero-order chi connectivity index (χ0) is 9.97. The summed E-state index contributed by atoms with van der Waals surface area (Å²) >= 11 is 0. The van der Waals surface area contributed by atoms with E-state index in [2.05, 4.69) is 5.16 Å². The van der Waals surface area contributed by atoms with Gasteiger partial charge in [0.1, 0.15) is 12.9 Å². The first-order valence-corrected chi connectivity index (χ1v) is 4.73. The van der Waals surface area contributed by atoms with Crippen molar-refractivity contribution in [3.8, 4) is 5.75 Å². The highest BCUT2D eigenvalue weighted by Gasteiger charge is 2.16. The van der Waals surface area contributed by atoms with Crippen LogP contribution in [0.25, 0.3) is 0 Å². The largest absolute Gasteiger partial charge is 0.508 e. The highest BCUT2D eigenvalue weighted by atomic mass is 16.6. The van der Waals surface area contributed by atoms with E-state index in [4.69, 9.17) is 4.84 Å². The monoisotopic (exact) mass is 191 g/mol. The van der Waals surface area contributed by atoms with E-state index in [9.17, 15) is 5.11 Å². The van der Waals surface area contributed by atoms with E-state index >= 15 is 0 Å². The number of aromatic hydroxyl groups is 1. The number of fused-ring (bicyclic) bond motifs is 1. The molecule has 0 amide bonds. The molecule has 1 aromatic carbocycles. The van der Waals surface area contributed by atoms with Gasteiger partial charge in [0.05, 0.1) is 5.71 Å². The van der Waals surface area contributed by atoms with Gasteiger partial charge in [-0.2, -0.15) is 0 Å². The second-order valence-electron chi connectivity index (χ2n) is 3.42. The number of nitrogens with zero attached hydrogens (tertiary/aromatic N) is 1. The fourth-order valence-corrected chi connectivity index (χ4v) is 1.84. The van der Waals surface area contributed by atoms with Gasteiger partial charge in [0, 0.05) is 5.56 Å². The van der Waals surface area contributed by atoms with Gasteiger partial charge in [-0.15, -0.1) is 0 Å². The fourth-order valence-electron chi connectivity index (χ4n) is 1.84. The van der Waals surface area contributed by atoms with E-state index in [0.29, 0.717) is 0 Å². The quantitative estimate of drug-likeness (QED) is 0.690. The predicted octanol–water partition coefficient (Wildman–Crippen LogP) is 2.08. The summed E-state index contributed by atoms with van der Waals surface area (Å²) in [6.07, 6.45) is 3.07. The Morgan fingerprint density at radius 3 is 3.00 bits per heavy atom. The first-order chi connectivity index (χ1) is 6.81. The van der Waals surface area contributed by atoms with Gasteiger partial charge < -0.3 is 9.94 Å². The Hall–Kier alpha value is -1.51. The molecule has 3 nitrogen and oxygen atoms in total. The predicted molar refractivity (Wildman–Crippen MR) is 54.6 cm³/mol. The summed E-state index contributed by atoms with van der Waals surface area (Å²) in [6.45, 7) is 0. The third kappa shape index (κ3) is 1.58. The molecule has 0 bridgehead atoms. The lowest BCUT2D eigenvalue weighted by Gasteiger charge is -2.16. The summed E-state index contributed by atoms with van der Waals surface area (Å²) in [6, 6.07) is 5.43. The zero-order valence-corrected chi connectivity index (χ0v) is 8.16. The van der Waals surface area contributed by atoms with Gasteiger partial charge >= 0.3 is 0 Å². The maximum absolute atomic E-state index is 9.38. The number of benzene rings is 1. The molecular weight excluding hydrogens is 178 g/mol. The first kappa shape index (κ1) is 9.06. The van der Waals surface area contributed by atoms with Gasteiger partial charge in [0.15, 0.2) is 0 Å². The molecule has 0 atom stereocenters. The summed E-state index contributed by atoms with van der Waals surface area (Å²) < 4.78 is 0. The van der Waals surface area contributed by atoms with Gasteiger partial charge in [-0.25, -0.2) is 0 Å². The van der Waals surface area contributed by atoms with E-state index < -0.39 is 0 Å². The van der Waals surface area contributed by atoms with Gasteiger partial charge in [-0.3, -0.25) is 0 Å². The van der Waals surface area contributed by atoms with Crippen LogP contribution in [0.15, 0.2) is 23.4 Å². The minimum absolute atomic E-state index is 0.287. The molecule has 0 aromatic heterocycles. The standard InChI is InChI=1S/C11H13NO2/c1-14-12-11-4-2-3-8-5-6-9(13)7-10(8)11/h5-7,13H,2-4H2,1H3. The maximum Gasteiger partial charge on any atom is 0.116 e. The van der Waals surface area contributed by atoms with E-state index in [0.717, 1.165) is 30.5 Å². The highest BCUT2D eigenvalue weighted by Crippen LogP contribution is 2.25. The summed E-state index contributed by atoms with van der Waals surface area (Å²) in [5, 5.41) is 13.4. The van der Waals surface area contributed by atoms with E-state index in [1.54, 1.807) is 19.2 Å². The maximum atomic E-state index is 9.38. The number of phenolic OH excluding ortho intramolecular Hbond substituents is 1. The molecule has 1 aliphatic rings. The van der Waals surface area contributed by atoms with Crippen LogP contribution in [0.1, 0.15) is 24.0 Å². The van der Waals surface area contributed by atoms with Gasteiger partial charge in [0.25, 0.3) is 0 Å². The molecular formula is C11H13NO2. The Kier molecular flexibility index (Phi) is 2.39. The molecule has 3 heteroatoms. The second kappa shape index (κ2) is 3.70. The van der Waals surface area contributed by atoms with Crippen molar-refractivity contribution in [1.82, 2.24) is 0 Å². The average molecular weight is 191 g/mol. The van der Waals surface area contributed by atoms with Crippen molar-refractivity contribution < 1.29 is 9.94 Å². The van der Waals surface area contributed by atoms with Gasteiger partial charge in [0.2, 0.25) is 0 Å². The molecule has 1 aliphatic carbocycles. The lowest BCUT2D eigenvalue weighted by Crippen LogP contribution is -2.11. The molecule has 0 spiro atoms. The molecule has 0 aliphatic heterocycles. The summed E-state index contributed by atoms with van der Waals surface area (Å²) in [7, 11) is 1.55. The number of hydrogen-bond donors (Lipinski definition) is 1. The van der Waals surface area contributed by atoms with Crippen molar-refractivity contribution >= 4 is 5.71 Å². The van der Waals surface area contributed by atoms with Crippen LogP contribution >= 0.6 is 0 Å². The van der Waals surface area contributed by atoms with Crippen LogP contribution in [0.4, 0.5) is 0 Å². The number of aryl methyl sites for hydroxylation is 1. The van der Waals surface area contributed by atoms with Crippen molar-refractivity contribution in [2.75, 3.05) is 7.11 Å². The molecule has 74 valence electrons. The zero-order valence-electron chi connectivity index (χ0n) is 8.16. The van der Waals surface area contributed by atoms with Gasteiger partial charge in [-0.1, -0.05) is 11.2 Å². The van der Waals surface area contributed by atoms with Crippen LogP contribution in [0, 0.1) is 0 Å². The van der Waals surface area contributed by atoms with E-state index in [1.165, 1.54) is 5.56 Å². The molecule has 1 aromatic rings. The normalized spacial score (nSPS) is 17.9. The van der Waals surface area contributed by atoms with Crippen LogP contribution in [0.5, 0.6) is 5.75 Å². The van der Waals surface area contributed by atoms with Crippen molar-refractivity contribution in [2.45, 2.75) is 19.3 Å². The number of oxime groups is 1. The number of rotatable bonds is 1. The minimum Gasteiger partial charge on any atom is -0.508 e. The average Bonchev–Trinajstić information content (AvgIpc) is 2.19. The van der Waals surface area contributed by atoms with Crippen LogP contribution in [-0.4, -0.2) is 17.9 Å². The third-order valence-corrected chi connectivity index (χ3v) is 2.47. The molecule has 0 radical (unpaired) electrons. The molecule has 0 unspecified atom stereocenters. The molecule has 0 heterocycles. The lowest BCUT2D eigenvalue weighted by atomic mass is 9.90. The molecule has 0 saturated heterocycles. The SMILES string of the molecule is CON=C1CCCc2ccc(O)cc21. The Labute approximate surface area is 83.0 Å². The molecule has 2 rings (SSSR count). The smallest absolute Gasteiger partial charge is 0.116 e. The Morgan fingerprint density at radius 2 is 2.21 bits per heavy atom. The van der Waals surface area contributed by atoms with Crippen LogP contribution < -0.4 is 0 Å². The van der Waals surface area contributed by atoms with Crippen LogP contribution in [0.2, 0.25) is 0 Å². The first-order valence-electron chi connectivity index (χ1n) is 4.73. The van der Waals surface area contributed by atoms with Crippen molar-refractivity contribution in [3.63, 3.8) is 0 Å².